The maximum Gasteiger partial charge on any atom is 0.306 e. The summed E-state index contributed by atoms with van der Waals surface area (Å²) in [6.45, 7) is 0.194. The zero-order valence-corrected chi connectivity index (χ0v) is 21.7. The third-order valence-electron chi connectivity index (χ3n) is 6.24. The standard InChI is InChI=1S/C21H24N2O7.C3H6N2.CH5N/c1-22-12(24)8-9-13(25)29-19-17-15-14(16(30-17)18(19)28-2)20(26)23(21(15)27)10-11-6-4-3-5-7-11;1-4-3-5-2;1-2/h3-7,14-19H,8-10H2,1-2H3,(H,22,24);1-2H3;2H2,1H3/t14?,15?,16-,17?,18+,19?;;/m0../s1. The molecule has 3 fully saturated rings. The fraction of sp³-hybridized carbons (Fsp3) is 0.560. The van der Waals surface area contributed by atoms with E-state index < -0.39 is 42.2 Å². The van der Waals surface area contributed by atoms with E-state index in [-0.39, 0.29) is 37.1 Å². The molecule has 3 saturated heterocycles. The number of carbonyl (C=O) groups is 4. The summed E-state index contributed by atoms with van der Waals surface area (Å²) < 4.78 is 16.9. The van der Waals surface area contributed by atoms with Crippen molar-refractivity contribution in [2.75, 3.05) is 35.3 Å². The molecule has 3 aliphatic rings. The van der Waals surface area contributed by atoms with E-state index in [1.165, 1.54) is 26.1 Å². The Balaban J connectivity index is 0.000000617. The number of ether oxygens (including phenoxy) is 3. The first-order valence-corrected chi connectivity index (χ1v) is 11.9. The lowest BCUT2D eigenvalue weighted by Gasteiger charge is -2.31. The van der Waals surface area contributed by atoms with E-state index in [0.29, 0.717) is 0 Å². The Labute approximate surface area is 216 Å². The van der Waals surface area contributed by atoms with Gasteiger partial charge in [0.1, 0.15) is 18.3 Å². The molecule has 0 radical (unpaired) electrons. The predicted octanol–water partition coefficient (Wildman–Crippen LogP) is 0.0166. The van der Waals surface area contributed by atoms with Crippen molar-refractivity contribution < 1.29 is 33.4 Å². The average Bonchev–Trinajstić information content (AvgIpc) is 3.55. The second-order valence-electron chi connectivity index (χ2n) is 8.24. The number of hydrogen-bond donors (Lipinski definition) is 2. The molecule has 12 heteroatoms. The fourth-order valence-corrected chi connectivity index (χ4v) is 4.73. The number of imide groups is 1. The van der Waals surface area contributed by atoms with Gasteiger partial charge in [0, 0.05) is 34.7 Å². The van der Waals surface area contributed by atoms with Gasteiger partial charge < -0.3 is 25.3 Å². The first kappa shape index (κ1) is 29.8. The highest BCUT2D eigenvalue weighted by atomic mass is 16.6. The van der Waals surface area contributed by atoms with Crippen molar-refractivity contribution in [2.24, 2.45) is 27.6 Å². The summed E-state index contributed by atoms with van der Waals surface area (Å²) in [6.07, 6.45) is -2.93. The molecule has 6 atom stereocenters. The minimum absolute atomic E-state index is 0.00295. The largest absolute Gasteiger partial charge is 0.457 e. The first-order chi connectivity index (χ1) is 17.9. The number of hydrogen-bond acceptors (Lipinski definition) is 10. The molecule has 4 unspecified atom stereocenters. The van der Waals surface area contributed by atoms with Crippen LogP contribution in [0.1, 0.15) is 18.4 Å². The molecule has 4 rings (SSSR count). The molecular formula is C25H35N5O7. The maximum absolute atomic E-state index is 13.1. The van der Waals surface area contributed by atoms with Crippen LogP contribution >= 0.6 is 0 Å². The summed E-state index contributed by atoms with van der Waals surface area (Å²) >= 11 is 0. The normalized spacial score (nSPS) is 26.6. The molecule has 37 heavy (non-hydrogen) atoms. The van der Waals surface area contributed by atoms with Gasteiger partial charge in [-0.05, 0) is 12.6 Å². The molecule has 1 aromatic rings. The molecule has 202 valence electrons. The van der Waals surface area contributed by atoms with Gasteiger partial charge in [0.05, 0.1) is 30.8 Å². The Morgan fingerprint density at radius 2 is 1.59 bits per heavy atom. The van der Waals surface area contributed by atoms with E-state index in [0.717, 1.165) is 5.56 Å². The van der Waals surface area contributed by atoms with Crippen LogP contribution in [0.2, 0.25) is 0 Å². The number of fused-ring (bicyclic) bond motifs is 5. The molecule has 0 aromatic heterocycles. The van der Waals surface area contributed by atoms with E-state index in [4.69, 9.17) is 14.2 Å². The number of methoxy groups -OCH3 is 1. The summed E-state index contributed by atoms with van der Waals surface area (Å²) in [5, 5.41) is 2.44. The monoisotopic (exact) mass is 517 g/mol. The molecule has 3 amide bonds. The zero-order valence-electron chi connectivity index (χ0n) is 21.7. The van der Waals surface area contributed by atoms with Crippen LogP contribution in [0.25, 0.3) is 0 Å². The van der Waals surface area contributed by atoms with Gasteiger partial charge in [-0.15, -0.1) is 0 Å². The van der Waals surface area contributed by atoms with Gasteiger partial charge >= 0.3 is 5.97 Å². The van der Waals surface area contributed by atoms with Gasteiger partial charge in [-0.2, -0.15) is 0 Å². The molecule has 12 nitrogen and oxygen atoms in total. The summed E-state index contributed by atoms with van der Waals surface area (Å²) in [6, 6.07) is 11.6. The Kier molecular flexibility index (Phi) is 11.5. The van der Waals surface area contributed by atoms with Crippen molar-refractivity contribution >= 4 is 29.7 Å². The van der Waals surface area contributed by atoms with E-state index in [1.807, 2.05) is 30.3 Å². The Bertz CT molecular complexity index is 1010. The van der Waals surface area contributed by atoms with Gasteiger partial charge in [0.2, 0.25) is 17.7 Å². The highest BCUT2D eigenvalue weighted by Crippen LogP contribution is 2.50. The number of esters is 1. The molecule has 3 aliphatic heterocycles. The third kappa shape index (κ3) is 6.66. The third-order valence-corrected chi connectivity index (χ3v) is 6.24. The summed E-state index contributed by atoms with van der Waals surface area (Å²) in [4.78, 5) is 57.8. The van der Waals surface area contributed by atoms with Gasteiger partial charge in [0.25, 0.3) is 0 Å². The molecule has 0 spiro atoms. The minimum atomic E-state index is -0.799. The average molecular weight is 518 g/mol. The number of carbonyl (C=O) groups excluding carboxylic acids is 4. The van der Waals surface area contributed by atoms with Crippen LogP contribution in [0.3, 0.4) is 0 Å². The number of aliphatic imine (C=N–C) groups is 2. The van der Waals surface area contributed by atoms with Crippen LogP contribution < -0.4 is 11.1 Å². The van der Waals surface area contributed by atoms with Crippen molar-refractivity contribution in [2.45, 2.75) is 43.8 Å². The van der Waals surface area contributed by atoms with Gasteiger partial charge in [0.15, 0.2) is 6.10 Å². The van der Waals surface area contributed by atoms with Crippen molar-refractivity contribution in [3.63, 3.8) is 0 Å². The smallest absolute Gasteiger partial charge is 0.306 e. The van der Waals surface area contributed by atoms with E-state index in [2.05, 4.69) is 27.0 Å². The van der Waals surface area contributed by atoms with Crippen molar-refractivity contribution in [1.29, 1.82) is 0 Å². The Morgan fingerprint density at radius 1 is 1.03 bits per heavy atom. The molecule has 0 saturated carbocycles. The second kappa shape index (κ2) is 14.3. The van der Waals surface area contributed by atoms with Crippen LogP contribution in [-0.4, -0.2) is 94.3 Å². The van der Waals surface area contributed by atoms with E-state index in [9.17, 15) is 19.2 Å². The number of nitrogens with zero attached hydrogens (tertiary/aromatic N) is 3. The lowest BCUT2D eigenvalue weighted by Crippen LogP contribution is -2.50. The lowest BCUT2D eigenvalue weighted by atomic mass is 9.78. The summed E-state index contributed by atoms with van der Waals surface area (Å²) in [5.41, 5.74) is 5.35. The first-order valence-electron chi connectivity index (χ1n) is 11.9. The Morgan fingerprint density at radius 3 is 2.08 bits per heavy atom. The molecule has 2 bridgehead atoms. The topological polar surface area (TPSA) is 162 Å². The lowest BCUT2D eigenvalue weighted by molar-refractivity contribution is -0.162. The zero-order chi connectivity index (χ0) is 27.5. The molecule has 1 aromatic carbocycles. The van der Waals surface area contributed by atoms with E-state index in [1.54, 1.807) is 14.1 Å². The molecule has 3 heterocycles. The number of likely N-dealkylation sites (tertiary alicyclic amines) is 1. The SMILES string of the molecule is CN.CN=C=NC.CNC(=O)CCC(=O)OC1C2O[C@@H](C3C(=O)N(Cc4ccccc4)C(=O)C23)[C@H]1OC. The van der Waals surface area contributed by atoms with Crippen LogP contribution in [-0.2, 0) is 39.9 Å². The van der Waals surface area contributed by atoms with Crippen molar-refractivity contribution in [1.82, 2.24) is 10.2 Å². The number of benzene rings is 1. The van der Waals surface area contributed by atoms with Crippen LogP contribution in [0.4, 0.5) is 0 Å². The summed E-state index contributed by atoms with van der Waals surface area (Å²) in [5.74, 6) is -2.79. The number of rotatable bonds is 7. The number of nitrogens with two attached hydrogens (primary N) is 1. The van der Waals surface area contributed by atoms with E-state index >= 15 is 0 Å². The van der Waals surface area contributed by atoms with Gasteiger partial charge in [-0.1, -0.05) is 30.3 Å². The second-order valence-corrected chi connectivity index (χ2v) is 8.24. The number of amides is 3. The summed E-state index contributed by atoms with van der Waals surface area (Å²) in [7, 11) is 7.71. The van der Waals surface area contributed by atoms with Gasteiger partial charge in [-0.25, -0.2) is 9.98 Å². The van der Waals surface area contributed by atoms with Crippen LogP contribution in [0.5, 0.6) is 0 Å². The fourth-order valence-electron chi connectivity index (χ4n) is 4.73. The number of nitrogens with one attached hydrogen (secondary N) is 1. The molecular weight excluding hydrogens is 482 g/mol. The highest BCUT2D eigenvalue weighted by Gasteiger charge is 2.70. The van der Waals surface area contributed by atoms with Gasteiger partial charge in [-0.3, -0.25) is 24.1 Å². The predicted molar refractivity (Wildman–Crippen MR) is 133 cm³/mol. The maximum atomic E-state index is 13.1. The van der Waals surface area contributed by atoms with Crippen molar-refractivity contribution in [3.05, 3.63) is 35.9 Å². The Hall–Kier alpha value is -3.44. The highest BCUT2D eigenvalue weighted by molar-refractivity contribution is 6.06. The van der Waals surface area contributed by atoms with Crippen LogP contribution in [0, 0.1) is 11.8 Å². The quantitative estimate of drug-likeness (QED) is 0.290. The molecule has 3 N–H and O–H groups in total. The van der Waals surface area contributed by atoms with Crippen LogP contribution in [0.15, 0.2) is 40.3 Å². The minimum Gasteiger partial charge on any atom is -0.457 e. The molecule has 0 aliphatic carbocycles. The van der Waals surface area contributed by atoms with Crippen molar-refractivity contribution in [3.8, 4) is 0 Å².